The molecule has 0 saturated carbocycles. The van der Waals surface area contributed by atoms with Crippen LogP contribution in [-0.2, 0) is 23.0 Å². The van der Waals surface area contributed by atoms with Crippen LogP contribution in [0.1, 0.15) is 49.9 Å². The van der Waals surface area contributed by atoms with Crippen molar-refractivity contribution < 1.29 is 13.5 Å². The molecule has 0 amide bonds. The number of aromatic nitrogens is 4. The molecule has 2 fully saturated rings. The van der Waals surface area contributed by atoms with Crippen molar-refractivity contribution >= 4 is 16.0 Å². The number of aliphatic hydroxyl groups is 1. The molecule has 3 aliphatic rings. The van der Waals surface area contributed by atoms with Crippen LogP contribution >= 0.6 is 0 Å². The Kier molecular flexibility index (Phi) is 4.60. The summed E-state index contributed by atoms with van der Waals surface area (Å²) in [5.41, 5.74) is 1.85. The fourth-order valence-corrected chi connectivity index (χ4v) is 6.65. The number of piperidine rings is 1. The lowest BCUT2D eigenvalue weighted by Crippen LogP contribution is -2.43. The van der Waals surface area contributed by atoms with Gasteiger partial charge in [-0.1, -0.05) is 0 Å². The van der Waals surface area contributed by atoms with Crippen molar-refractivity contribution in [2.24, 2.45) is 0 Å². The smallest absolute Gasteiger partial charge is 0.247 e. The average Bonchev–Trinajstić information content (AvgIpc) is 3.33. The van der Waals surface area contributed by atoms with Crippen LogP contribution in [0, 0.1) is 0 Å². The van der Waals surface area contributed by atoms with Gasteiger partial charge < -0.3 is 10.0 Å². The summed E-state index contributed by atoms with van der Waals surface area (Å²) in [5, 5.41) is 14.1. The molecule has 2 aromatic rings. The summed E-state index contributed by atoms with van der Waals surface area (Å²) in [7, 11) is -3.62. The quantitative estimate of drug-likeness (QED) is 0.793. The third-order valence-electron chi connectivity index (χ3n) is 6.30. The summed E-state index contributed by atoms with van der Waals surface area (Å²) >= 11 is 0. The van der Waals surface area contributed by atoms with Gasteiger partial charge in [-0.25, -0.2) is 18.4 Å². The van der Waals surface area contributed by atoms with E-state index in [2.05, 4.69) is 10.1 Å². The second-order valence-electron chi connectivity index (χ2n) is 8.13. The molecule has 29 heavy (non-hydrogen) atoms. The van der Waals surface area contributed by atoms with Crippen LogP contribution in [0.4, 0.5) is 5.95 Å². The Morgan fingerprint density at radius 2 is 2.10 bits per heavy atom. The maximum absolute atomic E-state index is 13.3. The zero-order valence-electron chi connectivity index (χ0n) is 16.5. The molecule has 2 aromatic heterocycles. The highest BCUT2D eigenvalue weighted by atomic mass is 32.2. The van der Waals surface area contributed by atoms with E-state index in [4.69, 9.17) is 4.98 Å². The van der Waals surface area contributed by atoms with E-state index in [0.717, 1.165) is 43.5 Å². The summed E-state index contributed by atoms with van der Waals surface area (Å²) in [5.74, 6) is 0.641. The molecule has 0 radical (unpaired) electrons. The van der Waals surface area contributed by atoms with E-state index < -0.39 is 10.0 Å². The number of nitrogens with zero attached hydrogens (tertiary/aromatic N) is 6. The summed E-state index contributed by atoms with van der Waals surface area (Å²) in [6.45, 7) is 3.95. The van der Waals surface area contributed by atoms with Gasteiger partial charge in [-0.3, -0.25) is 4.68 Å². The first-order valence-corrected chi connectivity index (χ1v) is 11.8. The molecule has 2 bridgehead atoms. The Balaban J connectivity index is 1.46. The minimum atomic E-state index is -3.62. The van der Waals surface area contributed by atoms with E-state index in [9.17, 15) is 13.5 Å². The standard InChI is InChI=1S/C19H26N6O3S/c1-2-24-12-15(9-21-24)29(27,28)25-13-5-6-18(25)16-10-20-19(22-17(16)8-13)23-7-3-4-14(26)11-23/h9-10,12-14,18,26H,2-8,11H2,1H3/t13-,14-,18-/m0/s1. The Bertz CT molecular complexity index is 1020. The molecule has 1 N–H and O–H groups in total. The first-order valence-electron chi connectivity index (χ1n) is 10.3. The van der Waals surface area contributed by atoms with Gasteiger partial charge in [-0.15, -0.1) is 0 Å². The molecule has 2 saturated heterocycles. The predicted octanol–water partition coefficient (Wildman–Crippen LogP) is 1.10. The fraction of sp³-hybridized carbons (Fsp3) is 0.632. The van der Waals surface area contributed by atoms with Crippen LogP contribution in [0.15, 0.2) is 23.5 Å². The maximum Gasteiger partial charge on any atom is 0.247 e. The molecule has 0 unspecified atom stereocenters. The second kappa shape index (κ2) is 7.03. The van der Waals surface area contributed by atoms with Crippen LogP contribution in [0.25, 0.3) is 0 Å². The molecular formula is C19H26N6O3S. The average molecular weight is 419 g/mol. The van der Waals surface area contributed by atoms with E-state index in [1.165, 1.54) is 6.20 Å². The van der Waals surface area contributed by atoms with Crippen LogP contribution in [0.2, 0.25) is 0 Å². The van der Waals surface area contributed by atoms with Crippen molar-refractivity contribution in [3.63, 3.8) is 0 Å². The Morgan fingerprint density at radius 1 is 1.24 bits per heavy atom. The molecule has 156 valence electrons. The van der Waals surface area contributed by atoms with Gasteiger partial charge in [0, 0.05) is 50.1 Å². The van der Waals surface area contributed by atoms with Crippen molar-refractivity contribution in [1.29, 1.82) is 0 Å². The normalized spacial score (nSPS) is 27.2. The first kappa shape index (κ1) is 19.0. The molecule has 3 aliphatic heterocycles. The van der Waals surface area contributed by atoms with Crippen molar-refractivity contribution in [2.75, 3.05) is 18.0 Å². The summed E-state index contributed by atoms with van der Waals surface area (Å²) in [4.78, 5) is 11.6. The fourth-order valence-electron chi connectivity index (χ4n) is 4.85. The third-order valence-corrected chi connectivity index (χ3v) is 8.22. The SMILES string of the molecule is CCn1cc(S(=O)(=O)N2[C@H]3CC[C@H]2c2cnc(N4CCC[C@H](O)C4)nc2C3)cn1. The Morgan fingerprint density at radius 3 is 2.86 bits per heavy atom. The maximum atomic E-state index is 13.3. The third kappa shape index (κ3) is 3.13. The highest BCUT2D eigenvalue weighted by Crippen LogP contribution is 2.46. The van der Waals surface area contributed by atoms with Crippen molar-refractivity contribution in [1.82, 2.24) is 24.1 Å². The van der Waals surface area contributed by atoms with Gasteiger partial charge in [-0.2, -0.15) is 9.40 Å². The number of rotatable bonds is 4. The largest absolute Gasteiger partial charge is 0.391 e. The monoisotopic (exact) mass is 418 g/mol. The van der Waals surface area contributed by atoms with Gasteiger partial charge in [0.2, 0.25) is 16.0 Å². The molecule has 3 atom stereocenters. The first-order chi connectivity index (χ1) is 14.0. The second-order valence-corrected chi connectivity index (χ2v) is 9.98. The van der Waals surface area contributed by atoms with E-state index in [-0.39, 0.29) is 23.1 Å². The van der Waals surface area contributed by atoms with Crippen LogP contribution in [0.5, 0.6) is 0 Å². The zero-order chi connectivity index (χ0) is 20.2. The number of anilines is 1. The van der Waals surface area contributed by atoms with Crippen molar-refractivity contribution in [3.8, 4) is 0 Å². The minimum Gasteiger partial charge on any atom is -0.391 e. The lowest BCUT2D eigenvalue weighted by molar-refractivity contribution is 0.153. The van der Waals surface area contributed by atoms with Crippen LogP contribution in [-0.4, -0.2) is 62.8 Å². The molecule has 9 nitrogen and oxygen atoms in total. The van der Waals surface area contributed by atoms with Gasteiger partial charge in [0.25, 0.3) is 0 Å². The van der Waals surface area contributed by atoms with Crippen molar-refractivity contribution in [3.05, 3.63) is 29.8 Å². The van der Waals surface area contributed by atoms with Crippen LogP contribution in [0.3, 0.4) is 0 Å². The number of aliphatic hydroxyl groups excluding tert-OH is 1. The molecular weight excluding hydrogens is 392 g/mol. The number of hydrogen-bond donors (Lipinski definition) is 1. The van der Waals surface area contributed by atoms with E-state index in [1.807, 2.05) is 11.8 Å². The number of β-amino-alcohol motifs (C(OH)–C–C–N with tert-alkyl or cyclic N) is 1. The van der Waals surface area contributed by atoms with Gasteiger partial charge >= 0.3 is 0 Å². The highest BCUT2D eigenvalue weighted by molar-refractivity contribution is 7.89. The molecule has 5 heterocycles. The predicted molar refractivity (Wildman–Crippen MR) is 106 cm³/mol. The van der Waals surface area contributed by atoms with Gasteiger partial charge in [0.15, 0.2) is 0 Å². The molecule has 10 heteroatoms. The Hall–Kier alpha value is -2.04. The molecule has 0 aromatic carbocycles. The minimum absolute atomic E-state index is 0.0860. The summed E-state index contributed by atoms with van der Waals surface area (Å²) < 4.78 is 30.0. The summed E-state index contributed by atoms with van der Waals surface area (Å²) in [6.07, 6.45) is 8.42. The number of sulfonamides is 1. The number of fused-ring (bicyclic) bond motifs is 4. The van der Waals surface area contributed by atoms with E-state index >= 15 is 0 Å². The van der Waals surface area contributed by atoms with Gasteiger partial charge in [0.1, 0.15) is 4.90 Å². The van der Waals surface area contributed by atoms with Gasteiger partial charge in [-0.05, 0) is 32.6 Å². The van der Waals surface area contributed by atoms with Crippen molar-refractivity contribution in [2.45, 2.75) is 68.7 Å². The van der Waals surface area contributed by atoms with Crippen LogP contribution < -0.4 is 4.90 Å². The highest BCUT2D eigenvalue weighted by Gasteiger charge is 2.48. The van der Waals surface area contributed by atoms with Gasteiger partial charge in [0.05, 0.1) is 24.0 Å². The molecule has 0 aliphatic carbocycles. The topological polar surface area (TPSA) is 104 Å². The zero-order valence-corrected chi connectivity index (χ0v) is 17.3. The van der Waals surface area contributed by atoms with E-state index in [1.54, 1.807) is 21.4 Å². The Labute approximate surface area is 170 Å². The number of hydrogen-bond acceptors (Lipinski definition) is 7. The molecule has 0 spiro atoms. The number of aryl methyl sites for hydroxylation is 1. The summed E-state index contributed by atoms with van der Waals surface area (Å²) in [6, 6.07) is -0.308. The lowest BCUT2D eigenvalue weighted by atomic mass is 10.0. The molecule has 5 rings (SSSR count). The van der Waals surface area contributed by atoms with E-state index in [0.29, 0.717) is 25.5 Å². The lowest BCUT2D eigenvalue weighted by Gasteiger charge is -2.35.